The molecule has 1 fully saturated rings. The molecule has 1 aromatic rings. The van der Waals surface area contributed by atoms with Gasteiger partial charge in [0.2, 0.25) is 0 Å². The van der Waals surface area contributed by atoms with E-state index in [1.165, 1.54) is 0 Å². The van der Waals surface area contributed by atoms with Crippen molar-refractivity contribution in [2.45, 2.75) is 6.42 Å². The van der Waals surface area contributed by atoms with Crippen LogP contribution < -0.4 is 4.74 Å². The van der Waals surface area contributed by atoms with Gasteiger partial charge in [-0.15, -0.1) is 0 Å². The number of hydrogen-bond donors (Lipinski definition) is 0. The molecule has 3 heteroatoms. The van der Waals surface area contributed by atoms with E-state index in [0.29, 0.717) is 0 Å². The van der Waals surface area contributed by atoms with Crippen LogP contribution in [0.3, 0.4) is 0 Å². The quantitative estimate of drug-likeness (QED) is 0.726. The lowest BCUT2D eigenvalue weighted by Gasteiger charge is -2.09. The molecule has 0 N–H and O–H groups in total. The molecule has 0 amide bonds. The highest BCUT2D eigenvalue weighted by Gasteiger charge is 2.26. The molecule has 0 radical (unpaired) electrons. The van der Waals surface area contributed by atoms with Gasteiger partial charge in [-0.2, -0.15) is 0 Å². The summed E-state index contributed by atoms with van der Waals surface area (Å²) in [6.45, 7) is 1.90. The third-order valence-electron chi connectivity index (χ3n) is 3.14. The summed E-state index contributed by atoms with van der Waals surface area (Å²) in [5.74, 6) is 1.21. The predicted octanol–water partition coefficient (Wildman–Crippen LogP) is 1.83. The molecule has 0 spiro atoms. The van der Waals surface area contributed by atoms with E-state index in [1.807, 2.05) is 24.3 Å². The second-order valence-electron chi connectivity index (χ2n) is 4.34. The van der Waals surface area contributed by atoms with Gasteiger partial charge in [-0.3, -0.25) is 4.79 Å². The minimum absolute atomic E-state index is 0.165. The molecule has 1 saturated heterocycles. The lowest BCUT2D eigenvalue weighted by Crippen LogP contribution is -2.19. The van der Waals surface area contributed by atoms with E-state index >= 15 is 0 Å². The first-order valence-corrected chi connectivity index (χ1v) is 5.57. The van der Waals surface area contributed by atoms with Crippen molar-refractivity contribution in [1.29, 1.82) is 0 Å². The van der Waals surface area contributed by atoms with E-state index in [1.54, 1.807) is 7.11 Å². The average molecular weight is 219 g/mol. The topological polar surface area (TPSA) is 29.5 Å². The predicted molar refractivity (Wildman–Crippen MR) is 62.9 cm³/mol. The molecular weight excluding hydrogens is 202 g/mol. The zero-order valence-electron chi connectivity index (χ0n) is 9.77. The number of benzene rings is 1. The van der Waals surface area contributed by atoms with Crippen molar-refractivity contribution in [2.24, 2.45) is 5.92 Å². The summed E-state index contributed by atoms with van der Waals surface area (Å²) in [7, 11) is 3.68. The summed E-state index contributed by atoms with van der Waals surface area (Å²) in [6.07, 6.45) is 0.974. The Morgan fingerprint density at radius 2 is 2.06 bits per heavy atom. The smallest absolute Gasteiger partial charge is 0.167 e. The fourth-order valence-corrected chi connectivity index (χ4v) is 2.14. The second-order valence-corrected chi connectivity index (χ2v) is 4.34. The van der Waals surface area contributed by atoms with Crippen LogP contribution in [-0.4, -0.2) is 37.9 Å². The molecule has 1 aliphatic heterocycles. The van der Waals surface area contributed by atoms with Gasteiger partial charge in [0.1, 0.15) is 5.75 Å². The fourth-order valence-electron chi connectivity index (χ4n) is 2.14. The van der Waals surface area contributed by atoms with Crippen LogP contribution in [0, 0.1) is 5.92 Å². The van der Waals surface area contributed by atoms with Gasteiger partial charge < -0.3 is 9.64 Å². The first-order chi connectivity index (χ1) is 7.70. The SMILES string of the molecule is COc1ccc(C(=O)C2CCN(C)C2)cc1. The Morgan fingerprint density at radius 1 is 1.38 bits per heavy atom. The summed E-state index contributed by atoms with van der Waals surface area (Å²) in [6, 6.07) is 7.37. The number of carbonyl (C=O) groups is 1. The molecule has 1 aliphatic rings. The summed E-state index contributed by atoms with van der Waals surface area (Å²) < 4.78 is 5.07. The molecule has 0 bridgehead atoms. The molecule has 2 rings (SSSR count). The molecular formula is C13H17NO2. The van der Waals surface area contributed by atoms with Gasteiger partial charge in [0.15, 0.2) is 5.78 Å². The van der Waals surface area contributed by atoms with Crippen LogP contribution in [0.25, 0.3) is 0 Å². The van der Waals surface area contributed by atoms with E-state index in [9.17, 15) is 4.79 Å². The largest absolute Gasteiger partial charge is 0.497 e. The Hall–Kier alpha value is -1.35. The van der Waals surface area contributed by atoms with Crippen LogP contribution in [0.15, 0.2) is 24.3 Å². The van der Waals surface area contributed by atoms with Crippen LogP contribution in [0.5, 0.6) is 5.75 Å². The third-order valence-corrected chi connectivity index (χ3v) is 3.14. The number of hydrogen-bond acceptors (Lipinski definition) is 3. The zero-order chi connectivity index (χ0) is 11.5. The maximum atomic E-state index is 12.1. The highest BCUT2D eigenvalue weighted by molar-refractivity contribution is 5.98. The summed E-state index contributed by atoms with van der Waals surface area (Å²) >= 11 is 0. The molecule has 16 heavy (non-hydrogen) atoms. The lowest BCUT2D eigenvalue weighted by atomic mass is 9.97. The minimum atomic E-state index is 0.165. The number of ketones is 1. The Kier molecular flexibility index (Phi) is 3.25. The number of methoxy groups -OCH3 is 1. The van der Waals surface area contributed by atoms with Gasteiger partial charge in [-0.25, -0.2) is 0 Å². The van der Waals surface area contributed by atoms with E-state index < -0.39 is 0 Å². The minimum Gasteiger partial charge on any atom is -0.497 e. The van der Waals surface area contributed by atoms with Crippen molar-refractivity contribution < 1.29 is 9.53 Å². The van der Waals surface area contributed by atoms with Crippen LogP contribution in [0.2, 0.25) is 0 Å². The van der Waals surface area contributed by atoms with Gasteiger partial charge >= 0.3 is 0 Å². The Bertz CT molecular complexity index is 372. The first-order valence-electron chi connectivity index (χ1n) is 5.57. The van der Waals surface area contributed by atoms with Crippen molar-refractivity contribution in [3.8, 4) is 5.75 Å². The van der Waals surface area contributed by atoms with E-state index in [4.69, 9.17) is 4.74 Å². The highest BCUT2D eigenvalue weighted by atomic mass is 16.5. The molecule has 0 saturated carbocycles. The van der Waals surface area contributed by atoms with Gasteiger partial charge in [0, 0.05) is 18.0 Å². The molecule has 86 valence electrons. The summed E-state index contributed by atoms with van der Waals surface area (Å²) in [4.78, 5) is 14.3. The first kappa shape index (κ1) is 11.1. The summed E-state index contributed by atoms with van der Waals surface area (Å²) in [5.41, 5.74) is 0.793. The van der Waals surface area contributed by atoms with Gasteiger partial charge in [0.05, 0.1) is 7.11 Å². The Morgan fingerprint density at radius 3 is 2.56 bits per heavy atom. The average Bonchev–Trinajstić information content (AvgIpc) is 2.75. The monoisotopic (exact) mass is 219 g/mol. The maximum Gasteiger partial charge on any atom is 0.167 e. The van der Waals surface area contributed by atoms with Crippen molar-refractivity contribution in [2.75, 3.05) is 27.2 Å². The van der Waals surface area contributed by atoms with Crippen LogP contribution in [0.4, 0.5) is 0 Å². The van der Waals surface area contributed by atoms with E-state index in [0.717, 1.165) is 30.8 Å². The van der Waals surface area contributed by atoms with Crippen LogP contribution in [-0.2, 0) is 0 Å². The summed E-state index contributed by atoms with van der Waals surface area (Å²) in [5, 5.41) is 0. The van der Waals surface area contributed by atoms with Crippen molar-refractivity contribution >= 4 is 5.78 Å². The van der Waals surface area contributed by atoms with Crippen molar-refractivity contribution in [1.82, 2.24) is 4.90 Å². The molecule has 1 heterocycles. The molecule has 1 atom stereocenters. The van der Waals surface area contributed by atoms with Gasteiger partial charge in [-0.05, 0) is 44.3 Å². The van der Waals surface area contributed by atoms with Crippen LogP contribution >= 0.6 is 0 Å². The van der Waals surface area contributed by atoms with Crippen molar-refractivity contribution in [3.63, 3.8) is 0 Å². The molecule has 1 aromatic carbocycles. The molecule has 3 nitrogen and oxygen atoms in total. The number of rotatable bonds is 3. The zero-order valence-corrected chi connectivity index (χ0v) is 9.77. The van der Waals surface area contributed by atoms with Crippen LogP contribution in [0.1, 0.15) is 16.8 Å². The Balaban J connectivity index is 2.08. The molecule has 0 aliphatic carbocycles. The number of likely N-dealkylation sites (tertiary alicyclic amines) is 1. The number of carbonyl (C=O) groups excluding carboxylic acids is 1. The fraction of sp³-hybridized carbons (Fsp3) is 0.462. The molecule has 1 unspecified atom stereocenters. The Labute approximate surface area is 96.0 Å². The van der Waals surface area contributed by atoms with E-state index in [-0.39, 0.29) is 11.7 Å². The van der Waals surface area contributed by atoms with Gasteiger partial charge in [0.25, 0.3) is 0 Å². The number of ether oxygens (including phenoxy) is 1. The number of Topliss-reactive ketones (excluding diaryl/α,β-unsaturated/α-hetero) is 1. The maximum absolute atomic E-state index is 12.1. The normalized spacial score (nSPS) is 21.0. The second kappa shape index (κ2) is 4.66. The van der Waals surface area contributed by atoms with E-state index in [2.05, 4.69) is 11.9 Å². The number of nitrogens with zero attached hydrogens (tertiary/aromatic N) is 1. The third kappa shape index (κ3) is 2.25. The lowest BCUT2D eigenvalue weighted by molar-refractivity contribution is 0.0924. The van der Waals surface area contributed by atoms with Crippen molar-refractivity contribution in [3.05, 3.63) is 29.8 Å². The van der Waals surface area contributed by atoms with Gasteiger partial charge in [-0.1, -0.05) is 0 Å². The standard InChI is InChI=1S/C13H17NO2/c1-14-8-7-11(9-14)13(15)10-3-5-12(16-2)6-4-10/h3-6,11H,7-9H2,1-2H3. The molecule has 0 aromatic heterocycles. The highest BCUT2D eigenvalue weighted by Crippen LogP contribution is 2.21.